The Morgan fingerprint density at radius 1 is 1.50 bits per heavy atom. The number of allylic oxidation sites excluding steroid dienone is 2. The van der Waals surface area contributed by atoms with E-state index in [1.165, 1.54) is 12.0 Å². The Kier molecular flexibility index (Phi) is 3.07. The highest BCUT2D eigenvalue weighted by molar-refractivity contribution is 5.96. The molecule has 0 amide bonds. The van der Waals surface area contributed by atoms with Crippen molar-refractivity contribution in [2.24, 2.45) is 5.92 Å². The molecule has 0 aromatic heterocycles. The normalized spacial score (nSPS) is 24.4. The Morgan fingerprint density at radius 3 is 2.58 bits per heavy atom. The number of hydrogen-bond acceptors (Lipinski definition) is 1. The minimum Gasteiger partial charge on any atom is -0.295 e. The van der Waals surface area contributed by atoms with E-state index in [-0.39, 0.29) is 0 Å². The molecule has 1 aliphatic carbocycles. The van der Waals surface area contributed by atoms with Crippen molar-refractivity contribution in [3.8, 4) is 0 Å². The van der Waals surface area contributed by atoms with E-state index in [0.717, 1.165) is 24.8 Å². The second-order valence-electron chi connectivity index (χ2n) is 3.92. The van der Waals surface area contributed by atoms with Crippen LogP contribution in [0.1, 0.15) is 46.5 Å². The van der Waals surface area contributed by atoms with Crippen LogP contribution < -0.4 is 0 Å². The summed E-state index contributed by atoms with van der Waals surface area (Å²) in [5.41, 5.74) is 2.31. The zero-order chi connectivity index (χ0) is 9.14. The average molecular weight is 166 g/mol. The fourth-order valence-electron chi connectivity index (χ4n) is 1.85. The molecule has 0 spiro atoms. The number of carbonyl (C=O) groups excluding carboxylic acids is 1. The summed E-state index contributed by atoms with van der Waals surface area (Å²) in [7, 11) is 0. The lowest BCUT2D eigenvalue weighted by atomic mass is 9.82. The Bertz CT molecular complexity index is 209. The van der Waals surface area contributed by atoms with Crippen LogP contribution in [-0.2, 0) is 4.79 Å². The molecule has 0 aromatic rings. The maximum atomic E-state index is 11.5. The predicted molar refractivity (Wildman–Crippen MR) is 51.0 cm³/mol. The molecule has 12 heavy (non-hydrogen) atoms. The number of ketones is 1. The maximum Gasteiger partial charge on any atom is 0.159 e. The monoisotopic (exact) mass is 166 g/mol. The van der Waals surface area contributed by atoms with Gasteiger partial charge in [-0.3, -0.25) is 4.79 Å². The lowest BCUT2D eigenvalue weighted by Crippen LogP contribution is -2.17. The average Bonchev–Trinajstić information content (AvgIpc) is 2.03. The van der Waals surface area contributed by atoms with E-state index in [1.54, 1.807) is 0 Å². The fraction of sp³-hybridized carbons (Fsp3) is 0.727. The number of rotatable bonds is 1. The highest BCUT2D eigenvalue weighted by atomic mass is 16.1. The first kappa shape index (κ1) is 9.50. The van der Waals surface area contributed by atoms with Gasteiger partial charge in [-0.05, 0) is 38.2 Å². The molecule has 1 nitrogen and oxygen atoms in total. The highest BCUT2D eigenvalue weighted by Crippen LogP contribution is 2.29. The summed E-state index contributed by atoms with van der Waals surface area (Å²) in [5, 5.41) is 0. The number of hydrogen-bond donors (Lipinski definition) is 0. The van der Waals surface area contributed by atoms with Crippen molar-refractivity contribution in [3.63, 3.8) is 0 Å². The van der Waals surface area contributed by atoms with Crippen LogP contribution in [0.5, 0.6) is 0 Å². The van der Waals surface area contributed by atoms with Crippen molar-refractivity contribution in [2.75, 3.05) is 0 Å². The van der Waals surface area contributed by atoms with Gasteiger partial charge in [0.2, 0.25) is 0 Å². The topological polar surface area (TPSA) is 17.1 Å². The van der Waals surface area contributed by atoms with Gasteiger partial charge in [0.25, 0.3) is 0 Å². The number of Topliss-reactive ketones (excluding diaryl/α,β-unsaturated/α-hetero) is 1. The van der Waals surface area contributed by atoms with Gasteiger partial charge in [0.15, 0.2) is 5.78 Å². The van der Waals surface area contributed by atoms with Gasteiger partial charge in [0.05, 0.1) is 0 Å². The highest BCUT2D eigenvalue weighted by Gasteiger charge is 2.22. The predicted octanol–water partition coefficient (Wildman–Crippen LogP) is 3.10. The Hall–Kier alpha value is -0.590. The summed E-state index contributed by atoms with van der Waals surface area (Å²) in [4.78, 5) is 11.5. The van der Waals surface area contributed by atoms with Crippen LogP contribution in [0.25, 0.3) is 0 Å². The van der Waals surface area contributed by atoms with Crippen molar-refractivity contribution in [3.05, 3.63) is 11.1 Å². The number of carbonyl (C=O) groups is 1. The van der Waals surface area contributed by atoms with Gasteiger partial charge in [0.1, 0.15) is 0 Å². The van der Waals surface area contributed by atoms with E-state index in [0.29, 0.717) is 11.7 Å². The molecule has 1 saturated carbocycles. The van der Waals surface area contributed by atoms with Gasteiger partial charge in [-0.2, -0.15) is 0 Å². The molecular weight excluding hydrogens is 148 g/mol. The second kappa shape index (κ2) is 3.88. The lowest BCUT2D eigenvalue weighted by Gasteiger charge is -2.22. The maximum absolute atomic E-state index is 11.5. The third-order valence-electron chi connectivity index (χ3n) is 2.79. The Morgan fingerprint density at radius 2 is 2.17 bits per heavy atom. The molecule has 0 N–H and O–H groups in total. The smallest absolute Gasteiger partial charge is 0.159 e. The van der Waals surface area contributed by atoms with E-state index >= 15 is 0 Å². The minimum absolute atomic E-state index is 0.396. The summed E-state index contributed by atoms with van der Waals surface area (Å²) in [6, 6.07) is 0. The van der Waals surface area contributed by atoms with Crippen molar-refractivity contribution in [1.82, 2.24) is 0 Å². The standard InChI is InChI=1S/C11H18O/c1-4-9-5-6-10(8(2)3)11(12)7-9/h9H,4-7H2,1-3H3. The molecule has 0 aromatic carbocycles. The summed E-state index contributed by atoms with van der Waals surface area (Å²) >= 11 is 0. The molecular formula is C11H18O. The van der Waals surface area contributed by atoms with Crippen LogP contribution in [0.2, 0.25) is 0 Å². The summed E-state index contributed by atoms with van der Waals surface area (Å²) < 4.78 is 0. The van der Waals surface area contributed by atoms with Gasteiger partial charge in [0, 0.05) is 6.42 Å². The molecule has 0 bridgehead atoms. The molecule has 1 atom stereocenters. The first-order chi connectivity index (χ1) is 5.65. The van der Waals surface area contributed by atoms with Crippen LogP contribution in [0.15, 0.2) is 11.1 Å². The van der Waals surface area contributed by atoms with Crippen molar-refractivity contribution in [1.29, 1.82) is 0 Å². The van der Waals surface area contributed by atoms with E-state index in [2.05, 4.69) is 6.92 Å². The quantitative estimate of drug-likeness (QED) is 0.547. The molecule has 1 aliphatic rings. The van der Waals surface area contributed by atoms with E-state index < -0.39 is 0 Å². The van der Waals surface area contributed by atoms with Crippen LogP contribution in [0.3, 0.4) is 0 Å². The van der Waals surface area contributed by atoms with Gasteiger partial charge >= 0.3 is 0 Å². The summed E-state index contributed by atoms with van der Waals surface area (Å²) in [6.45, 7) is 6.25. The third kappa shape index (κ3) is 1.96. The second-order valence-corrected chi connectivity index (χ2v) is 3.92. The lowest BCUT2D eigenvalue weighted by molar-refractivity contribution is -0.117. The SMILES string of the molecule is CCC1CCC(=C(C)C)C(=O)C1. The largest absolute Gasteiger partial charge is 0.295 e. The summed E-state index contributed by atoms with van der Waals surface area (Å²) in [6.07, 6.45) is 4.17. The molecule has 0 heterocycles. The van der Waals surface area contributed by atoms with Crippen molar-refractivity contribution in [2.45, 2.75) is 46.5 Å². The van der Waals surface area contributed by atoms with Crippen LogP contribution in [0, 0.1) is 5.92 Å². The zero-order valence-electron chi connectivity index (χ0n) is 8.31. The first-order valence-corrected chi connectivity index (χ1v) is 4.84. The van der Waals surface area contributed by atoms with Crippen LogP contribution in [-0.4, -0.2) is 5.78 Å². The van der Waals surface area contributed by atoms with Gasteiger partial charge in [-0.25, -0.2) is 0 Å². The zero-order valence-corrected chi connectivity index (χ0v) is 8.31. The molecule has 1 heteroatoms. The van der Waals surface area contributed by atoms with Crippen LogP contribution >= 0.6 is 0 Å². The molecule has 0 saturated heterocycles. The van der Waals surface area contributed by atoms with Gasteiger partial charge < -0.3 is 0 Å². The first-order valence-electron chi connectivity index (χ1n) is 4.84. The Labute approximate surface area is 74.9 Å². The molecule has 1 rings (SSSR count). The van der Waals surface area contributed by atoms with E-state index in [4.69, 9.17) is 0 Å². The molecule has 1 unspecified atom stereocenters. The molecule has 0 aliphatic heterocycles. The molecule has 0 radical (unpaired) electrons. The van der Waals surface area contributed by atoms with Gasteiger partial charge in [-0.15, -0.1) is 0 Å². The van der Waals surface area contributed by atoms with Crippen molar-refractivity contribution < 1.29 is 4.79 Å². The molecule has 1 fully saturated rings. The van der Waals surface area contributed by atoms with Gasteiger partial charge in [-0.1, -0.05) is 18.9 Å². The third-order valence-corrected chi connectivity index (χ3v) is 2.79. The van der Waals surface area contributed by atoms with E-state index in [1.807, 2.05) is 13.8 Å². The molecule has 68 valence electrons. The van der Waals surface area contributed by atoms with Crippen LogP contribution in [0.4, 0.5) is 0 Å². The Balaban J connectivity index is 2.67. The fourth-order valence-corrected chi connectivity index (χ4v) is 1.85. The van der Waals surface area contributed by atoms with Crippen molar-refractivity contribution >= 4 is 5.78 Å². The van der Waals surface area contributed by atoms with E-state index in [9.17, 15) is 4.79 Å². The minimum atomic E-state index is 0.396. The summed E-state index contributed by atoms with van der Waals surface area (Å²) in [5.74, 6) is 1.05.